The average Bonchev–Trinajstić information content (AvgIpc) is 2.68. The Labute approximate surface area is 168 Å². The molecule has 3 unspecified atom stereocenters. The molecule has 4 aliphatic rings. The predicted octanol–water partition coefficient (Wildman–Crippen LogP) is 4.67. The van der Waals surface area contributed by atoms with Crippen LogP contribution in [0.5, 0.6) is 0 Å². The van der Waals surface area contributed by atoms with Crippen LogP contribution in [0.25, 0.3) is 0 Å². The van der Waals surface area contributed by atoms with E-state index < -0.39 is 0 Å². The highest BCUT2D eigenvalue weighted by molar-refractivity contribution is 5.83. The first-order chi connectivity index (χ1) is 13.6. The largest absolute Gasteiger partial charge is 0.353 e. The molecule has 2 aromatic rings. The lowest BCUT2D eigenvalue weighted by Crippen LogP contribution is -2.59. The Morgan fingerprint density at radius 2 is 1.75 bits per heavy atom. The summed E-state index contributed by atoms with van der Waals surface area (Å²) in [6.45, 7) is 2.13. The number of pyridine rings is 1. The second-order valence-corrected chi connectivity index (χ2v) is 9.82. The van der Waals surface area contributed by atoms with Crippen LogP contribution in [-0.2, 0) is 16.6 Å². The molecule has 4 saturated carbocycles. The Morgan fingerprint density at radius 1 is 1.07 bits per heavy atom. The number of amides is 1. The van der Waals surface area contributed by atoms with Gasteiger partial charge in [0.1, 0.15) is 0 Å². The van der Waals surface area contributed by atoms with Crippen LogP contribution in [0.2, 0.25) is 0 Å². The van der Waals surface area contributed by atoms with Crippen LogP contribution in [0.3, 0.4) is 0 Å². The second kappa shape index (κ2) is 6.72. The lowest BCUT2D eigenvalue weighted by atomic mass is 9.42. The van der Waals surface area contributed by atoms with Crippen LogP contribution in [0.4, 0.5) is 0 Å². The Morgan fingerprint density at radius 3 is 2.43 bits per heavy atom. The van der Waals surface area contributed by atoms with E-state index in [-0.39, 0.29) is 16.9 Å². The molecule has 146 valence electrons. The van der Waals surface area contributed by atoms with Crippen molar-refractivity contribution in [1.82, 2.24) is 10.3 Å². The monoisotopic (exact) mass is 374 g/mol. The van der Waals surface area contributed by atoms with Crippen LogP contribution >= 0.6 is 0 Å². The topological polar surface area (TPSA) is 42.0 Å². The third kappa shape index (κ3) is 3.05. The van der Waals surface area contributed by atoms with E-state index in [0.29, 0.717) is 17.7 Å². The Hall–Kier alpha value is -2.16. The highest BCUT2D eigenvalue weighted by atomic mass is 16.2. The van der Waals surface area contributed by atoms with Crippen molar-refractivity contribution >= 4 is 5.91 Å². The minimum absolute atomic E-state index is 0.149. The van der Waals surface area contributed by atoms with E-state index in [1.54, 1.807) is 0 Å². The fourth-order valence-corrected chi connectivity index (χ4v) is 6.96. The smallest absolute Gasteiger partial charge is 0.226 e. The van der Waals surface area contributed by atoms with Gasteiger partial charge in [0.15, 0.2) is 0 Å². The molecular formula is C25H30N2O. The molecule has 1 heterocycles. The number of nitrogens with zero attached hydrogens (tertiary/aromatic N) is 1. The number of carbonyl (C=O) groups is 1. The van der Waals surface area contributed by atoms with Gasteiger partial charge in [-0.1, -0.05) is 30.3 Å². The standard InChI is InChI=1S/C25H30N2O/c1-18(11-19-7-9-26-10-8-19)27-23(28)25-15-20-12-21(16-25)14-24(13-20,17-25)22-5-3-2-4-6-22/h2-10,18,20-21H,11-17H2,1H3,(H,27,28). The summed E-state index contributed by atoms with van der Waals surface area (Å²) < 4.78 is 0. The number of nitrogens with one attached hydrogen (secondary N) is 1. The predicted molar refractivity (Wildman–Crippen MR) is 111 cm³/mol. The van der Waals surface area contributed by atoms with Crippen molar-refractivity contribution in [2.24, 2.45) is 17.3 Å². The quantitative estimate of drug-likeness (QED) is 0.826. The molecular weight excluding hydrogens is 344 g/mol. The van der Waals surface area contributed by atoms with E-state index in [0.717, 1.165) is 25.7 Å². The number of benzene rings is 1. The van der Waals surface area contributed by atoms with Gasteiger partial charge in [-0.2, -0.15) is 0 Å². The Kier molecular flexibility index (Phi) is 4.30. The molecule has 4 bridgehead atoms. The van der Waals surface area contributed by atoms with Gasteiger partial charge < -0.3 is 5.32 Å². The maximum atomic E-state index is 13.5. The lowest BCUT2D eigenvalue weighted by Gasteiger charge is -2.61. The minimum Gasteiger partial charge on any atom is -0.353 e. The van der Waals surface area contributed by atoms with Gasteiger partial charge in [-0.3, -0.25) is 9.78 Å². The van der Waals surface area contributed by atoms with E-state index in [2.05, 4.69) is 47.6 Å². The van der Waals surface area contributed by atoms with Gasteiger partial charge in [-0.05, 0) is 92.4 Å². The summed E-state index contributed by atoms with van der Waals surface area (Å²) in [5.74, 6) is 1.73. The average molecular weight is 375 g/mol. The summed E-state index contributed by atoms with van der Waals surface area (Å²) in [5, 5.41) is 3.39. The minimum atomic E-state index is -0.160. The van der Waals surface area contributed by atoms with Crippen molar-refractivity contribution in [3.8, 4) is 0 Å². The molecule has 1 N–H and O–H groups in total. The molecule has 1 aromatic heterocycles. The summed E-state index contributed by atoms with van der Waals surface area (Å²) >= 11 is 0. The van der Waals surface area contributed by atoms with Crippen LogP contribution in [-0.4, -0.2) is 16.9 Å². The van der Waals surface area contributed by atoms with Crippen molar-refractivity contribution < 1.29 is 4.79 Å². The molecule has 1 amide bonds. The Bertz CT molecular complexity index is 833. The molecule has 0 radical (unpaired) electrons. The van der Waals surface area contributed by atoms with Crippen LogP contribution in [0, 0.1) is 17.3 Å². The molecule has 3 atom stereocenters. The van der Waals surface area contributed by atoms with Gasteiger partial charge in [0, 0.05) is 18.4 Å². The lowest BCUT2D eigenvalue weighted by molar-refractivity contribution is -0.149. The van der Waals surface area contributed by atoms with Gasteiger partial charge in [0.2, 0.25) is 5.91 Å². The van der Waals surface area contributed by atoms with E-state index >= 15 is 0 Å². The first-order valence-corrected chi connectivity index (χ1v) is 10.8. The fraction of sp³-hybridized carbons (Fsp3) is 0.520. The maximum Gasteiger partial charge on any atom is 0.226 e. The molecule has 1 aromatic carbocycles. The van der Waals surface area contributed by atoms with Gasteiger partial charge >= 0.3 is 0 Å². The molecule has 0 aliphatic heterocycles. The first-order valence-electron chi connectivity index (χ1n) is 10.8. The van der Waals surface area contributed by atoms with Gasteiger partial charge in [0.05, 0.1) is 5.41 Å². The summed E-state index contributed by atoms with van der Waals surface area (Å²) in [4.78, 5) is 17.6. The third-order valence-electron chi connectivity index (χ3n) is 7.60. The number of aromatic nitrogens is 1. The van der Waals surface area contributed by atoms with Crippen molar-refractivity contribution in [2.75, 3.05) is 0 Å². The van der Waals surface area contributed by atoms with Crippen molar-refractivity contribution in [2.45, 2.75) is 63.3 Å². The van der Waals surface area contributed by atoms with E-state index in [1.807, 2.05) is 24.5 Å². The zero-order chi connectivity index (χ0) is 19.2. The van der Waals surface area contributed by atoms with Crippen LogP contribution in [0.15, 0.2) is 54.9 Å². The van der Waals surface area contributed by atoms with Crippen LogP contribution < -0.4 is 5.32 Å². The molecule has 4 aliphatic carbocycles. The normalized spacial score (nSPS) is 34.2. The number of carbonyl (C=O) groups excluding carboxylic acids is 1. The summed E-state index contributed by atoms with van der Waals surface area (Å²) in [6.07, 6.45) is 11.6. The summed E-state index contributed by atoms with van der Waals surface area (Å²) in [5.41, 5.74) is 2.75. The number of hydrogen-bond donors (Lipinski definition) is 1. The van der Waals surface area contributed by atoms with Gasteiger partial charge in [-0.15, -0.1) is 0 Å². The highest BCUT2D eigenvalue weighted by Crippen LogP contribution is 2.65. The summed E-state index contributed by atoms with van der Waals surface area (Å²) in [6, 6.07) is 15.3. The van der Waals surface area contributed by atoms with Crippen molar-refractivity contribution in [3.05, 3.63) is 66.0 Å². The molecule has 0 spiro atoms. The summed E-state index contributed by atoms with van der Waals surface area (Å²) in [7, 11) is 0. The zero-order valence-electron chi connectivity index (χ0n) is 16.7. The number of hydrogen-bond acceptors (Lipinski definition) is 2. The van der Waals surface area contributed by atoms with Crippen molar-refractivity contribution in [3.63, 3.8) is 0 Å². The zero-order valence-corrected chi connectivity index (χ0v) is 16.7. The van der Waals surface area contributed by atoms with E-state index in [4.69, 9.17) is 0 Å². The first kappa shape index (κ1) is 17.9. The number of rotatable bonds is 5. The highest BCUT2D eigenvalue weighted by Gasteiger charge is 2.60. The maximum absolute atomic E-state index is 13.5. The molecule has 28 heavy (non-hydrogen) atoms. The molecule has 3 heteroatoms. The molecule has 6 rings (SSSR count). The fourth-order valence-electron chi connectivity index (χ4n) is 6.96. The van der Waals surface area contributed by atoms with Crippen molar-refractivity contribution in [1.29, 1.82) is 0 Å². The second-order valence-electron chi connectivity index (χ2n) is 9.82. The third-order valence-corrected chi connectivity index (χ3v) is 7.60. The van der Waals surface area contributed by atoms with Gasteiger partial charge in [-0.25, -0.2) is 0 Å². The molecule has 0 saturated heterocycles. The van der Waals surface area contributed by atoms with Crippen LogP contribution in [0.1, 0.15) is 56.6 Å². The molecule has 4 fully saturated rings. The molecule has 3 nitrogen and oxygen atoms in total. The van der Waals surface area contributed by atoms with Gasteiger partial charge in [0.25, 0.3) is 0 Å². The van der Waals surface area contributed by atoms with E-state index in [9.17, 15) is 4.79 Å². The SMILES string of the molecule is CC(Cc1ccncc1)NC(=O)C12CC3CC(C1)CC(c1ccccc1)(C3)C2. The Balaban J connectivity index is 1.36. The van der Waals surface area contributed by atoms with E-state index in [1.165, 1.54) is 30.4 Å².